The predicted octanol–water partition coefficient (Wildman–Crippen LogP) is 10.1. The van der Waals surface area contributed by atoms with Crippen LogP contribution in [0, 0.1) is 0 Å². The van der Waals surface area contributed by atoms with Gasteiger partial charge in [0.25, 0.3) is 0 Å². The standard InChI is InChI=1S/C40H24N4O/c1-3-11-25(12-4-1)37-42-38(26-13-5-2-6-14-26)44-39(43-37)33-20-10-17-29-30(18-9-19-31(29)33)32-21-22-41-40-36(32)34-23-27-15-7-8-16-28(27)24-35(34)45-40/h1-24H. The number of benzene rings is 6. The summed E-state index contributed by atoms with van der Waals surface area (Å²) in [5.74, 6) is 1.91. The number of nitrogens with zero attached hydrogens (tertiary/aromatic N) is 4. The lowest BCUT2D eigenvalue weighted by atomic mass is 9.93. The second-order valence-corrected chi connectivity index (χ2v) is 11.1. The van der Waals surface area contributed by atoms with Crippen molar-refractivity contribution in [1.82, 2.24) is 19.9 Å². The molecule has 0 aliphatic rings. The van der Waals surface area contributed by atoms with Crippen molar-refractivity contribution in [1.29, 1.82) is 0 Å². The van der Waals surface area contributed by atoms with Crippen molar-refractivity contribution in [3.05, 3.63) is 146 Å². The van der Waals surface area contributed by atoms with Crippen LogP contribution in [0.4, 0.5) is 0 Å². The molecule has 0 amide bonds. The Hall–Kier alpha value is -6.20. The Morgan fingerprint density at radius 3 is 1.69 bits per heavy atom. The van der Waals surface area contributed by atoms with E-state index in [9.17, 15) is 0 Å². The molecule has 6 aromatic carbocycles. The van der Waals surface area contributed by atoms with Crippen LogP contribution in [0.15, 0.2) is 150 Å². The van der Waals surface area contributed by atoms with Crippen LogP contribution < -0.4 is 0 Å². The van der Waals surface area contributed by atoms with Gasteiger partial charge < -0.3 is 4.42 Å². The third-order valence-corrected chi connectivity index (χ3v) is 8.39. The Morgan fingerprint density at radius 2 is 1.00 bits per heavy atom. The first-order valence-corrected chi connectivity index (χ1v) is 14.9. The first-order valence-electron chi connectivity index (χ1n) is 14.9. The molecule has 3 aromatic heterocycles. The summed E-state index contributed by atoms with van der Waals surface area (Å²) in [6, 6.07) is 47.6. The van der Waals surface area contributed by atoms with Crippen molar-refractivity contribution in [3.8, 4) is 45.3 Å². The third kappa shape index (κ3) is 4.25. The Balaban J connectivity index is 1.28. The minimum atomic E-state index is 0.628. The molecule has 0 aliphatic heterocycles. The molecule has 9 rings (SSSR count). The minimum Gasteiger partial charge on any atom is -0.438 e. The SMILES string of the molecule is c1ccc(-c2nc(-c3ccccc3)nc(-c3cccc4c(-c5ccnc6oc7cc8ccccc8cc7c56)cccc34)n2)cc1. The molecule has 0 radical (unpaired) electrons. The fourth-order valence-electron chi connectivity index (χ4n) is 6.28. The van der Waals surface area contributed by atoms with Crippen LogP contribution >= 0.6 is 0 Å². The fraction of sp³-hybridized carbons (Fsp3) is 0. The van der Waals surface area contributed by atoms with Gasteiger partial charge in [0.2, 0.25) is 5.71 Å². The van der Waals surface area contributed by atoms with E-state index in [2.05, 4.69) is 77.8 Å². The highest BCUT2D eigenvalue weighted by Crippen LogP contribution is 2.41. The van der Waals surface area contributed by atoms with Gasteiger partial charge >= 0.3 is 0 Å². The van der Waals surface area contributed by atoms with Crippen LogP contribution in [0.3, 0.4) is 0 Å². The van der Waals surface area contributed by atoms with Crippen molar-refractivity contribution < 1.29 is 4.42 Å². The molecule has 5 heteroatoms. The second kappa shape index (κ2) is 10.2. The van der Waals surface area contributed by atoms with E-state index < -0.39 is 0 Å². The van der Waals surface area contributed by atoms with Gasteiger partial charge in [0.15, 0.2) is 17.5 Å². The summed E-state index contributed by atoms with van der Waals surface area (Å²) in [7, 11) is 0. The molecule has 45 heavy (non-hydrogen) atoms. The third-order valence-electron chi connectivity index (χ3n) is 8.39. The minimum absolute atomic E-state index is 0.628. The van der Waals surface area contributed by atoms with Gasteiger partial charge in [0.1, 0.15) is 5.58 Å². The summed E-state index contributed by atoms with van der Waals surface area (Å²) in [6.45, 7) is 0. The van der Waals surface area contributed by atoms with Crippen molar-refractivity contribution in [2.24, 2.45) is 0 Å². The fourth-order valence-corrected chi connectivity index (χ4v) is 6.28. The van der Waals surface area contributed by atoms with E-state index in [4.69, 9.17) is 19.4 Å². The highest BCUT2D eigenvalue weighted by molar-refractivity contribution is 6.17. The van der Waals surface area contributed by atoms with Crippen LogP contribution in [0.5, 0.6) is 0 Å². The molecule has 0 spiro atoms. The van der Waals surface area contributed by atoms with Crippen LogP contribution in [0.25, 0.3) is 88.9 Å². The van der Waals surface area contributed by atoms with Gasteiger partial charge in [-0.05, 0) is 50.9 Å². The van der Waals surface area contributed by atoms with Crippen LogP contribution in [-0.4, -0.2) is 19.9 Å². The Morgan fingerprint density at radius 1 is 0.422 bits per heavy atom. The van der Waals surface area contributed by atoms with Crippen molar-refractivity contribution in [3.63, 3.8) is 0 Å². The van der Waals surface area contributed by atoms with E-state index in [1.165, 1.54) is 5.39 Å². The van der Waals surface area contributed by atoms with Crippen molar-refractivity contribution >= 4 is 43.6 Å². The zero-order valence-corrected chi connectivity index (χ0v) is 24.1. The maximum Gasteiger partial charge on any atom is 0.227 e. The van der Waals surface area contributed by atoms with Gasteiger partial charge in [-0.2, -0.15) is 0 Å². The normalized spacial score (nSPS) is 11.6. The molecule has 0 saturated heterocycles. The highest BCUT2D eigenvalue weighted by Gasteiger charge is 2.18. The highest BCUT2D eigenvalue weighted by atomic mass is 16.3. The maximum atomic E-state index is 6.30. The van der Waals surface area contributed by atoms with Gasteiger partial charge in [0.05, 0.1) is 5.39 Å². The number of hydrogen-bond acceptors (Lipinski definition) is 5. The number of hydrogen-bond donors (Lipinski definition) is 0. The lowest BCUT2D eigenvalue weighted by Gasteiger charge is -2.13. The van der Waals surface area contributed by atoms with E-state index >= 15 is 0 Å². The second-order valence-electron chi connectivity index (χ2n) is 11.1. The molecule has 210 valence electrons. The van der Waals surface area contributed by atoms with Crippen LogP contribution in [-0.2, 0) is 0 Å². The number of rotatable bonds is 4. The molecule has 0 unspecified atom stereocenters. The molecule has 5 nitrogen and oxygen atoms in total. The molecule has 0 atom stereocenters. The summed E-state index contributed by atoms with van der Waals surface area (Å²) in [4.78, 5) is 19.5. The van der Waals surface area contributed by atoms with Crippen LogP contribution in [0.2, 0.25) is 0 Å². The molecule has 0 bridgehead atoms. The average molecular weight is 577 g/mol. The summed E-state index contributed by atoms with van der Waals surface area (Å²) in [6.07, 6.45) is 1.83. The first-order chi connectivity index (χ1) is 22.3. The molecule has 3 heterocycles. The van der Waals surface area contributed by atoms with E-state index in [0.29, 0.717) is 23.2 Å². The molecule has 0 N–H and O–H groups in total. The molecular formula is C40H24N4O. The zero-order chi connectivity index (χ0) is 29.7. The molecule has 0 fully saturated rings. The topological polar surface area (TPSA) is 64.7 Å². The van der Waals surface area contributed by atoms with Gasteiger partial charge in [-0.25, -0.2) is 19.9 Å². The van der Waals surface area contributed by atoms with Gasteiger partial charge in [-0.1, -0.05) is 121 Å². The summed E-state index contributed by atoms with van der Waals surface area (Å²) >= 11 is 0. The van der Waals surface area contributed by atoms with Gasteiger partial charge in [0, 0.05) is 28.3 Å². The summed E-state index contributed by atoms with van der Waals surface area (Å²) in [5, 5.41) is 6.53. The Bertz CT molecular complexity index is 2480. The van der Waals surface area contributed by atoms with E-state index in [0.717, 1.165) is 60.3 Å². The predicted molar refractivity (Wildman–Crippen MR) is 182 cm³/mol. The Kier molecular flexibility index (Phi) is 5.74. The first kappa shape index (κ1) is 25.3. The molecule has 0 saturated carbocycles. The molecule has 0 aliphatic carbocycles. The average Bonchev–Trinajstić information content (AvgIpc) is 3.48. The van der Waals surface area contributed by atoms with Crippen molar-refractivity contribution in [2.45, 2.75) is 0 Å². The van der Waals surface area contributed by atoms with E-state index in [1.807, 2.05) is 72.9 Å². The smallest absolute Gasteiger partial charge is 0.227 e. The summed E-state index contributed by atoms with van der Waals surface area (Å²) in [5.41, 5.74) is 6.45. The lowest BCUT2D eigenvalue weighted by Crippen LogP contribution is -2.00. The van der Waals surface area contributed by atoms with Crippen molar-refractivity contribution in [2.75, 3.05) is 0 Å². The van der Waals surface area contributed by atoms with Crippen LogP contribution in [0.1, 0.15) is 0 Å². The van der Waals surface area contributed by atoms with Gasteiger partial charge in [-0.3, -0.25) is 0 Å². The number of pyridine rings is 1. The number of fused-ring (bicyclic) bond motifs is 5. The molecule has 9 aromatic rings. The number of aromatic nitrogens is 4. The lowest BCUT2D eigenvalue weighted by molar-refractivity contribution is 0.654. The van der Waals surface area contributed by atoms with E-state index in [-0.39, 0.29) is 0 Å². The zero-order valence-electron chi connectivity index (χ0n) is 24.1. The van der Waals surface area contributed by atoms with E-state index in [1.54, 1.807) is 0 Å². The quantitative estimate of drug-likeness (QED) is 0.209. The largest absolute Gasteiger partial charge is 0.438 e. The monoisotopic (exact) mass is 576 g/mol. The number of furan rings is 1. The van der Waals surface area contributed by atoms with Gasteiger partial charge in [-0.15, -0.1) is 0 Å². The molecular weight excluding hydrogens is 552 g/mol. The maximum absolute atomic E-state index is 6.30. The Labute approximate surface area is 258 Å². The summed E-state index contributed by atoms with van der Waals surface area (Å²) < 4.78 is 6.30.